The van der Waals surface area contributed by atoms with Crippen LogP contribution in [0.15, 0.2) is 61.2 Å². The Labute approximate surface area is 197 Å². The molecular weight excluding hydrogens is 458 g/mol. The van der Waals surface area contributed by atoms with E-state index in [0.717, 1.165) is 16.5 Å². The number of carbonyl (C=O) groups excluding carboxylic acids is 1. The lowest BCUT2D eigenvalue weighted by Crippen LogP contribution is -2.45. The van der Waals surface area contributed by atoms with Crippen LogP contribution in [-0.2, 0) is 13.6 Å². The first-order chi connectivity index (χ1) is 17.0. The maximum atomic E-state index is 13.9. The summed E-state index contributed by atoms with van der Waals surface area (Å²) in [5.41, 5.74) is 3.32. The molecule has 1 aromatic carbocycles. The van der Waals surface area contributed by atoms with Crippen LogP contribution >= 0.6 is 0 Å². The number of aryl methyl sites for hydroxylation is 1. The number of ether oxygens (including phenoxy) is 1. The number of anilines is 3. The summed E-state index contributed by atoms with van der Waals surface area (Å²) in [6.07, 6.45) is 2.31. The summed E-state index contributed by atoms with van der Waals surface area (Å²) in [5, 5.41) is 9.44. The molecule has 176 valence electrons. The number of hydrogen-bond donors (Lipinski definition) is 0. The fourth-order valence-corrected chi connectivity index (χ4v) is 4.13. The molecule has 0 fully saturated rings. The van der Waals surface area contributed by atoms with Crippen LogP contribution < -0.4 is 14.5 Å². The zero-order valence-corrected chi connectivity index (χ0v) is 18.4. The molecule has 5 aromatic rings. The summed E-state index contributed by atoms with van der Waals surface area (Å²) in [6.45, 7) is -0.550. The minimum Gasteiger partial charge on any atom is -0.472 e. The molecule has 5 heterocycles. The highest BCUT2D eigenvalue weighted by molar-refractivity contribution is 6.10. The van der Waals surface area contributed by atoms with Crippen LogP contribution in [0.25, 0.3) is 16.6 Å². The maximum absolute atomic E-state index is 13.9. The zero-order chi connectivity index (χ0) is 24.1. The van der Waals surface area contributed by atoms with E-state index in [4.69, 9.17) is 4.74 Å². The first-order valence-electron chi connectivity index (χ1n) is 10.7. The minimum absolute atomic E-state index is 0.00825. The molecule has 2 amide bonds. The van der Waals surface area contributed by atoms with E-state index in [1.165, 1.54) is 17.3 Å². The van der Waals surface area contributed by atoms with Crippen LogP contribution in [0.3, 0.4) is 0 Å². The van der Waals surface area contributed by atoms with Crippen LogP contribution in [-0.4, -0.2) is 48.4 Å². The second kappa shape index (κ2) is 8.01. The molecule has 0 bridgehead atoms. The van der Waals surface area contributed by atoms with Crippen molar-refractivity contribution in [1.82, 2.24) is 29.4 Å². The summed E-state index contributed by atoms with van der Waals surface area (Å²) in [4.78, 5) is 25.5. The molecule has 12 heteroatoms. The number of fused-ring (bicyclic) bond motifs is 3. The number of nitrogens with zero attached hydrogens (tertiary/aromatic N) is 8. The van der Waals surface area contributed by atoms with E-state index in [1.807, 2.05) is 31.4 Å². The average molecular weight is 476 g/mol. The van der Waals surface area contributed by atoms with E-state index in [9.17, 15) is 13.6 Å². The van der Waals surface area contributed by atoms with Gasteiger partial charge in [-0.05, 0) is 36.4 Å². The van der Waals surface area contributed by atoms with Gasteiger partial charge in [0, 0.05) is 35.9 Å². The second-order valence-electron chi connectivity index (χ2n) is 8.03. The van der Waals surface area contributed by atoms with Crippen molar-refractivity contribution in [2.75, 3.05) is 16.4 Å². The van der Waals surface area contributed by atoms with Crippen molar-refractivity contribution in [2.24, 2.45) is 7.05 Å². The Balaban J connectivity index is 1.46. The second-order valence-corrected chi connectivity index (χ2v) is 8.03. The van der Waals surface area contributed by atoms with E-state index < -0.39 is 13.0 Å². The molecule has 10 nitrogen and oxygen atoms in total. The SMILES string of the molecule is Cn1cc2cc(N3Cc4ccc(OCC(F)F)nc4N(c4ccc5ncnn5c4)C3=O)ccc2n1. The van der Waals surface area contributed by atoms with E-state index in [0.29, 0.717) is 22.8 Å². The molecule has 1 aliphatic rings. The first kappa shape index (κ1) is 21.0. The smallest absolute Gasteiger partial charge is 0.335 e. The number of aromatic nitrogens is 6. The van der Waals surface area contributed by atoms with Crippen molar-refractivity contribution in [3.05, 3.63) is 66.7 Å². The van der Waals surface area contributed by atoms with E-state index in [2.05, 4.69) is 20.2 Å². The summed E-state index contributed by atoms with van der Waals surface area (Å²) >= 11 is 0. The standard InChI is InChI=1S/C23H18F2N8O2/c1-30-9-15-8-16(3-5-18(15)29-30)31-10-14-2-7-21(35-12-19(24)25)28-22(14)33(23(31)34)17-4-6-20-26-13-27-32(20)11-17/h2-9,11,13,19H,10,12H2,1H3. The van der Waals surface area contributed by atoms with Crippen molar-refractivity contribution in [2.45, 2.75) is 13.0 Å². The molecular formula is C23H18F2N8O2. The van der Waals surface area contributed by atoms with Gasteiger partial charge in [0.1, 0.15) is 12.1 Å². The van der Waals surface area contributed by atoms with Gasteiger partial charge in [0.05, 0.1) is 23.9 Å². The number of benzene rings is 1. The fraction of sp³-hybridized carbons (Fsp3) is 0.174. The number of pyridine rings is 2. The largest absolute Gasteiger partial charge is 0.472 e. The fourth-order valence-electron chi connectivity index (χ4n) is 4.13. The van der Waals surface area contributed by atoms with Gasteiger partial charge in [-0.3, -0.25) is 9.58 Å². The number of rotatable bonds is 5. The van der Waals surface area contributed by atoms with Gasteiger partial charge >= 0.3 is 6.03 Å². The number of alkyl halides is 2. The molecule has 4 aromatic heterocycles. The Morgan fingerprint density at radius 1 is 1.09 bits per heavy atom. The molecule has 0 atom stereocenters. The topological polar surface area (TPSA) is 93.7 Å². The lowest BCUT2D eigenvalue weighted by molar-refractivity contribution is 0.0796. The summed E-state index contributed by atoms with van der Waals surface area (Å²) in [5.74, 6) is 0.314. The van der Waals surface area contributed by atoms with Gasteiger partial charge in [-0.1, -0.05) is 0 Å². The van der Waals surface area contributed by atoms with E-state index in [1.54, 1.807) is 38.5 Å². The summed E-state index contributed by atoms with van der Waals surface area (Å²) < 4.78 is 33.8. The van der Waals surface area contributed by atoms with Gasteiger partial charge in [-0.15, -0.1) is 0 Å². The lowest BCUT2D eigenvalue weighted by Gasteiger charge is -2.36. The molecule has 0 unspecified atom stereocenters. The predicted octanol–water partition coefficient (Wildman–Crippen LogP) is 3.93. The van der Waals surface area contributed by atoms with Gasteiger partial charge in [-0.25, -0.2) is 28.0 Å². The molecule has 1 aliphatic heterocycles. The van der Waals surface area contributed by atoms with Gasteiger partial charge in [0.2, 0.25) is 5.88 Å². The van der Waals surface area contributed by atoms with Crippen molar-refractivity contribution < 1.29 is 18.3 Å². The average Bonchev–Trinajstić information content (AvgIpc) is 3.46. The highest BCUT2D eigenvalue weighted by atomic mass is 19.3. The maximum Gasteiger partial charge on any atom is 0.335 e. The molecule has 6 rings (SSSR count). The highest BCUT2D eigenvalue weighted by Crippen LogP contribution is 2.37. The Morgan fingerprint density at radius 2 is 1.94 bits per heavy atom. The van der Waals surface area contributed by atoms with Crippen LogP contribution in [0.2, 0.25) is 0 Å². The molecule has 35 heavy (non-hydrogen) atoms. The van der Waals surface area contributed by atoms with E-state index in [-0.39, 0.29) is 18.5 Å². The van der Waals surface area contributed by atoms with Crippen molar-refractivity contribution in [1.29, 1.82) is 0 Å². The van der Waals surface area contributed by atoms with Crippen LogP contribution in [0, 0.1) is 0 Å². The molecule has 0 radical (unpaired) electrons. The summed E-state index contributed by atoms with van der Waals surface area (Å²) in [7, 11) is 1.84. The van der Waals surface area contributed by atoms with Crippen LogP contribution in [0.1, 0.15) is 5.56 Å². The summed E-state index contributed by atoms with van der Waals surface area (Å²) in [6, 6.07) is 11.9. The molecule has 0 saturated carbocycles. The third-order valence-corrected chi connectivity index (χ3v) is 5.68. The number of carbonyl (C=O) groups is 1. The number of hydrogen-bond acceptors (Lipinski definition) is 6. The number of amides is 2. The highest BCUT2D eigenvalue weighted by Gasteiger charge is 2.34. The minimum atomic E-state index is -2.64. The van der Waals surface area contributed by atoms with Crippen LogP contribution in [0.5, 0.6) is 5.88 Å². The Morgan fingerprint density at radius 3 is 2.80 bits per heavy atom. The molecule has 0 saturated heterocycles. The van der Waals surface area contributed by atoms with Crippen molar-refractivity contribution in [3.8, 4) is 5.88 Å². The third kappa shape index (κ3) is 3.68. The molecule has 0 spiro atoms. The Kier molecular flexibility index (Phi) is 4.80. The van der Waals surface area contributed by atoms with Gasteiger partial charge < -0.3 is 4.74 Å². The van der Waals surface area contributed by atoms with Crippen LogP contribution in [0.4, 0.5) is 30.8 Å². The Bertz CT molecular complexity index is 1580. The number of urea groups is 1. The quantitative estimate of drug-likeness (QED) is 0.382. The van der Waals surface area contributed by atoms with E-state index >= 15 is 0 Å². The van der Waals surface area contributed by atoms with Gasteiger partial charge in [0.25, 0.3) is 6.43 Å². The first-order valence-corrected chi connectivity index (χ1v) is 10.7. The third-order valence-electron chi connectivity index (χ3n) is 5.68. The normalized spacial score (nSPS) is 13.8. The monoisotopic (exact) mass is 476 g/mol. The van der Waals surface area contributed by atoms with Gasteiger partial charge in [-0.2, -0.15) is 15.2 Å². The van der Waals surface area contributed by atoms with Gasteiger partial charge in [0.15, 0.2) is 12.3 Å². The Hall–Kier alpha value is -4.61. The lowest BCUT2D eigenvalue weighted by atomic mass is 10.1. The van der Waals surface area contributed by atoms with Crippen molar-refractivity contribution >= 4 is 39.8 Å². The van der Waals surface area contributed by atoms with Crippen molar-refractivity contribution in [3.63, 3.8) is 0 Å². The number of halogens is 2. The molecule has 0 aliphatic carbocycles. The molecule has 0 N–H and O–H groups in total. The zero-order valence-electron chi connectivity index (χ0n) is 18.4. The predicted molar refractivity (Wildman–Crippen MR) is 123 cm³/mol.